The fourth-order valence-corrected chi connectivity index (χ4v) is 4.13. The van der Waals surface area contributed by atoms with E-state index in [1.165, 1.54) is 0 Å². The van der Waals surface area contributed by atoms with E-state index in [1.54, 1.807) is 0 Å². The minimum absolute atomic E-state index is 0.113. The Morgan fingerprint density at radius 3 is 2.76 bits per heavy atom. The van der Waals surface area contributed by atoms with Crippen molar-refractivity contribution in [1.82, 2.24) is 24.8 Å². The molecule has 158 valence electrons. The number of carbonyl (C=O) groups excluding carboxylic acids is 1. The second-order valence-corrected chi connectivity index (χ2v) is 8.07. The summed E-state index contributed by atoms with van der Waals surface area (Å²) in [5.41, 5.74) is 1.30. The molecule has 0 aliphatic carbocycles. The Bertz CT molecular complexity index is 882. The third-order valence-corrected chi connectivity index (χ3v) is 5.84. The van der Waals surface area contributed by atoms with Gasteiger partial charge in [0.15, 0.2) is 17.0 Å². The number of fused-ring (bicyclic) bond motifs is 1. The van der Waals surface area contributed by atoms with E-state index >= 15 is 0 Å². The van der Waals surface area contributed by atoms with E-state index in [2.05, 4.69) is 36.1 Å². The zero-order valence-corrected chi connectivity index (χ0v) is 18.6. The van der Waals surface area contributed by atoms with Crippen LogP contribution in [0.4, 0.5) is 5.82 Å². The Balaban J connectivity index is 1.84. The van der Waals surface area contributed by atoms with Crippen molar-refractivity contribution in [3.8, 4) is 0 Å². The van der Waals surface area contributed by atoms with E-state index in [9.17, 15) is 4.79 Å². The van der Waals surface area contributed by atoms with Crippen molar-refractivity contribution in [2.24, 2.45) is 0 Å². The first-order valence-electron chi connectivity index (χ1n) is 9.83. The minimum Gasteiger partial charge on any atom is -0.378 e. The quantitative estimate of drug-likeness (QED) is 0.512. The van der Waals surface area contributed by atoms with Gasteiger partial charge in [-0.05, 0) is 37.8 Å². The van der Waals surface area contributed by atoms with Crippen LogP contribution in [0.5, 0.6) is 0 Å². The van der Waals surface area contributed by atoms with Crippen molar-refractivity contribution in [2.45, 2.75) is 38.5 Å². The van der Waals surface area contributed by atoms with Gasteiger partial charge in [-0.1, -0.05) is 15.9 Å². The average molecular weight is 488 g/mol. The Morgan fingerprint density at radius 1 is 1.28 bits per heavy atom. The standard InChI is InChI=1S/C18H24BrClN6O3/c1-11(21-12(27)10-19)15-22-14-16(25-5-8-28-9-6-25)23-18(20)24-17(14)26(15)13-4-2-3-7-29-13/h11,13H,2-10H2,1H3,(H,21,27). The maximum Gasteiger partial charge on any atom is 0.231 e. The first kappa shape index (κ1) is 20.8. The number of alkyl halides is 1. The lowest BCUT2D eigenvalue weighted by Crippen LogP contribution is -2.37. The lowest BCUT2D eigenvalue weighted by molar-refractivity contribution is -0.119. The summed E-state index contributed by atoms with van der Waals surface area (Å²) in [5, 5.41) is 3.35. The second kappa shape index (κ2) is 9.11. The first-order valence-corrected chi connectivity index (χ1v) is 11.3. The highest BCUT2D eigenvalue weighted by Crippen LogP contribution is 2.34. The van der Waals surface area contributed by atoms with Gasteiger partial charge in [-0.3, -0.25) is 9.36 Å². The van der Waals surface area contributed by atoms with E-state index in [1.807, 2.05) is 11.5 Å². The highest BCUT2D eigenvalue weighted by molar-refractivity contribution is 9.09. The summed E-state index contributed by atoms with van der Waals surface area (Å²) in [6.07, 6.45) is 2.74. The van der Waals surface area contributed by atoms with Gasteiger partial charge in [-0.2, -0.15) is 9.97 Å². The normalized spacial score (nSPS) is 21.3. The molecule has 29 heavy (non-hydrogen) atoms. The zero-order chi connectivity index (χ0) is 20.4. The lowest BCUT2D eigenvalue weighted by atomic mass is 10.2. The van der Waals surface area contributed by atoms with Gasteiger partial charge in [0.25, 0.3) is 0 Å². The van der Waals surface area contributed by atoms with Crippen LogP contribution in [0.15, 0.2) is 0 Å². The molecule has 2 fully saturated rings. The van der Waals surface area contributed by atoms with Crippen LogP contribution in [-0.2, 0) is 14.3 Å². The molecule has 4 heterocycles. The van der Waals surface area contributed by atoms with Gasteiger partial charge in [0.1, 0.15) is 12.1 Å². The number of aromatic nitrogens is 4. The molecule has 4 rings (SSSR count). The fourth-order valence-electron chi connectivity index (χ4n) is 3.81. The highest BCUT2D eigenvalue weighted by atomic mass is 79.9. The molecular formula is C18H24BrClN6O3. The van der Waals surface area contributed by atoms with E-state index in [0.717, 1.165) is 19.3 Å². The zero-order valence-electron chi connectivity index (χ0n) is 16.2. The number of amides is 1. The van der Waals surface area contributed by atoms with Crippen molar-refractivity contribution >= 4 is 50.4 Å². The van der Waals surface area contributed by atoms with Crippen LogP contribution in [0.3, 0.4) is 0 Å². The SMILES string of the molecule is CC(NC(=O)CBr)c1nc2c(N3CCOCC3)nc(Cl)nc2n1C1CCCCO1. The molecule has 2 unspecified atom stereocenters. The maximum absolute atomic E-state index is 12.0. The number of nitrogens with one attached hydrogen (secondary N) is 1. The molecule has 9 nitrogen and oxygen atoms in total. The molecule has 2 aromatic heterocycles. The van der Waals surface area contributed by atoms with E-state index < -0.39 is 0 Å². The molecule has 0 bridgehead atoms. The van der Waals surface area contributed by atoms with Gasteiger partial charge in [0.05, 0.1) is 24.6 Å². The summed E-state index contributed by atoms with van der Waals surface area (Å²) in [7, 11) is 0. The van der Waals surface area contributed by atoms with Crippen molar-refractivity contribution in [3.05, 3.63) is 11.1 Å². The smallest absolute Gasteiger partial charge is 0.231 e. The molecule has 1 amide bonds. The van der Waals surface area contributed by atoms with Crippen LogP contribution in [-0.4, -0.2) is 63.7 Å². The molecule has 2 aliphatic rings. The Kier molecular flexibility index (Phi) is 6.53. The first-order chi connectivity index (χ1) is 14.1. The second-order valence-electron chi connectivity index (χ2n) is 7.17. The molecule has 2 saturated heterocycles. The number of ether oxygens (including phenoxy) is 2. The summed E-state index contributed by atoms with van der Waals surface area (Å²) in [4.78, 5) is 27.9. The molecule has 2 aliphatic heterocycles. The molecule has 2 aromatic rings. The number of nitrogens with zero attached hydrogens (tertiary/aromatic N) is 5. The summed E-state index contributed by atoms with van der Waals surface area (Å²) in [5.74, 6) is 1.27. The number of rotatable bonds is 5. The van der Waals surface area contributed by atoms with Gasteiger partial charge < -0.3 is 19.7 Å². The molecule has 0 saturated carbocycles. The Labute approximate surface area is 182 Å². The Morgan fingerprint density at radius 2 is 2.07 bits per heavy atom. The van der Waals surface area contributed by atoms with Crippen molar-refractivity contribution in [1.29, 1.82) is 0 Å². The van der Waals surface area contributed by atoms with Gasteiger partial charge >= 0.3 is 0 Å². The molecule has 0 aromatic carbocycles. The summed E-state index contributed by atoms with van der Waals surface area (Å²) < 4.78 is 13.5. The van der Waals surface area contributed by atoms with Crippen LogP contribution >= 0.6 is 27.5 Å². The fraction of sp³-hybridized carbons (Fsp3) is 0.667. The van der Waals surface area contributed by atoms with E-state index in [-0.39, 0.29) is 28.8 Å². The van der Waals surface area contributed by atoms with Crippen molar-refractivity contribution in [2.75, 3.05) is 43.1 Å². The topological polar surface area (TPSA) is 94.4 Å². The molecule has 11 heteroatoms. The number of carbonyl (C=O) groups is 1. The van der Waals surface area contributed by atoms with E-state index in [4.69, 9.17) is 26.1 Å². The third-order valence-electron chi connectivity index (χ3n) is 5.16. The number of hydrogen-bond acceptors (Lipinski definition) is 7. The Hall–Kier alpha value is -1.49. The molecule has 1 N–H and O–H groups in total. The summed E-state index contributed by atoms with van der Waals surface area (Å²) in [6, 6.07) is -0.323. The van der Waals surface area contributed by atoms with Crippen LogP contribution < -0.4 is 10.2 Å². The number of imidazole rings is 1. The van der Waals surface area contributed by atoms with Crippen molar-refractivity contribution < 1.29 is 14.3 Å². The monoisotopic (exact) mass is 486 g/mol. The van der Waals surface area contributed by atoms with Crippen LogP contribution in [0, 0.1) is 0 Å². The molecule has 2 atom stereocenters. The number of hydrogen-bond donors (Lipinski definition) is 1. The summed E-state index contributed by atoms with van der Waals surface area (Å²) in [6.45, 7) is 5.26. The van der Waals surface area contributed by atoms with Crippen LogP contribution in [0.2, 0.25) is 5.28 Å². The number of halogens is 2. The van der Waals surface area contributed by atoms with Gasteiger partial charge in [0.2, 0.25) is 11.2 Å². The van der Waals surface area contributed by atoms with Crippen molar-refractivity contribution in [3.63, 3.8) is 0 Å². The molecule has 0 spiro atoms. The van der Waals surface area contributed by atoms with Crippen LogP contribution in [0.25, 0.3) is 11.2 Å². The average Bonchev–Trinajstić information content (AvgIpc) is 3.13. The number of morpholine rings is 1. The molecule has 0 radical (unpaired) electrons. The van der Waals surface area contributed by atoms with Gasteiger partial charge in [-0.15, -0.1) is 0 Å². The summed E-state index contributed by atoms with van der Waals surface area (Å²) >= 11 is 9.51. The highest BCUT2D eigenvalue weighted by Gasteiger charge is 2.29. The van der Waals surface area contributed by atoms with E-state index in [0.29, 0.717) is 55.7 Å². The lowest BCUT2D eigenvalue weighted by Gasteiger charge is -2.28. The maximum atomic E-state index is 12.0. The van der Waals surface area contributed by atoms with Gasteiger partial charge in [-0.25, -0.2) is 4.98 Å². The predicted molar refractivity (Wildman–Crippen MR) is 113 cm³/mol. The molecular weight excluding hydrogens is 464 g/mol. The largest absolute Gasteiger partial charge is 0.378 e. The van der Waals surface area contributed by atoms with Gasteiger partial charge in [0, 0.05) is 19.7 Å². The number of anilines is 1. The van der Waals surface area contributed by atoms with Crippen LogP contribution in [0.1, 0.15) is 44.3 Å². The third kappa shape index (κ3) is 4.35. The minimum atomic E-state index is -0.323. The predicted octanol–water partition coefficient (Wildman–Crippen LogP) is 2.59.